The van der Waals surface area contributed by atoms with Crippen LogP contribution in [0.3, 0.4) is 0 Å². The van der Waals surface area contributed by atoms with Gasteiger partial charge < -0.3 is 19.9 Å². The minimum atomic E-state index is -1.17. The van der Waals surface area contributed by atoms with Crippen LogP contribution in [0.15, 0.2) is 24.3 Å². The molecule has 1 saturated heterocycles. The molecule has 1 heterocycles. The first-order chi connectivity index (χ1) is 12.2. The molecule has 6 heteroatoms. The Morgan fingerprint density at radius 1 is 1.28 bits per heavy atom. The van der Waals surface area contributed by atoms with E-state index < -0.39 is 5.60 Å². The average molecular weight is 348 g/mol. The van der Waals surface area contributed by atoms with Gasteiger partial charge in [0.15, 0.2) is 0 Å². The van der Waals surface area contributed by atoms with E-state index >= 15 is 0 Å². The molecule has 2 fully saturated rings. The zero-order valence-electron chi connectivity index (χ0n) is 14.7. The second-order valence-corrected chi connectivity index (χ2v) is 6.87. The van der Waals surface area contributed by atoms with Gasteiger partial charge in [0.2, 0.25) is 0 Å². The molecule has 0 radical (unpaired) electrons. The molecule has 1 aliphatic carbocycles. The molecule has 0 bridgehead atoms. The molecule has 3 rings (SSSR count). The maximum atomic E-state index is 12.2. The van der Waals surface area contributed by atoms with Crippen LogP contribution in [0.4, 0.5) is 0 Å². The molecule has 1 amide bonds. The van der Waals surface area contributed by atoms with Crippen LogP contribution in [0.25, 0.3) is 0 Å². The number of aliphatic hydroxyl groups is 1. The van der Waals surface area contributed by atoms with Crippen LogP contribution in [0.1, 0.15) is 31.2 Å². The van der Waals surface area contributed by atoms with Crippen LogP contribution >= 0.6 is 0 Å². The molecule has 138 valence electrons. The maximum Gasteiger partial charge on any atom is 0.252 e. The average Bonchev–Trinajstić information content (AvgIpc) is 3.09. The zero-order chi connectivity index (χ0) is 17.5. The number of amides is 1. The van der Waals surface area contributed by atoms with Crippen molar-refractivity contribution < 1.29 is 19.4 Å². The molecular weight excluding hydrogens is 320 g/mol. The molecule has 0 spiro atoms. The lowest BCUT2D eigenvalue weighted by Crippen LogP contribution is -2.44. The van der Waals surface area contributed by atoms with Crippen molar-refractivity contribution in [2.75, 3.05) is 39.5 Å². The molecule has 1 aromatic rings. The number of nitrogens with one attached hydrogen (secondary N) is 1. The number of carbonyl (C=O) groups excluding carboxylic acids is 1. The SMILES string of the molecule is O=C(NCc1cccc(OCCN2CCOCC2)c1)C1(O)CCCC1. The Bertz CT molecular complexity index is 566. The van der Waals surface area contributed by atoms with E-state index in [4.69, 9.17) is 9.47 Å². The lowest BCUT2D eigenvalue weighted by molar-refractivity contribution is -0.139. The van der Waals surface area contributed by atoms with Gasteiger partial charge in [0.1, 0.15) is 18.0 Å². The number of benzene rings is 1. The van der Waals surface area contributed by atoms with Gasteiger partial charge in [0, 0.05) is 26.2 Å². The summed E-state index contributed by atoms with van der Waals surface area (Å²) in [5.41, 5.74) is -0.203. The van der Waals surface area contributed by atoms with Gasteiger partial charge in [0.05, 0.1) is 13.2 Å². The maximum absolute atomic E-state index is 12.2. The number of hydrogen-bond acceptors (Lipinski definition) is 5. The van der Waals surface area contributed by atoms with Gasteiger partial charge in [-0.3, -0.25) is 9.69 Å². The summed E-state index contributed by atoms with van der Waals surface area (Å²) < 4.78 is 11.2. The Labute approximate surface area is 149 Å². The summed E-state index contributed by atoms with van der Waals surface area (Å²) in [6, 6.07) is 7.75. The second-order valence-electron chi connectivity index (χ2n) is 6.87. The number of ether oxygens (including phenoxy) is 2. The van der Waals surface area contributed by atoms with Gasteiger partial charge >= 0.3 is 0 Å². The summed E-state index contributed by atoms with van der Waals surface area (Å²) in [6.07, 6.45) is 2.94. The summed E-state index contributed by atoms with van der Waals surface area (Å²) in [6.45, 7) is 5.43. The molecule has 0 unspecified atom stereocenters. The van der Waals surface area contributed by atoms with Gasteiger partial charge in [-0.05, 0) is 43.4 Å². The molecule has 0 aromatic heterocycles. The minimum absolute atomic E-state index is 0.261. The lowest BCUT2D eigenvalue weighted by atomic mass is 10.0. The molecule has 1 aliphatic heterocycles. The highest BCUT2D eigenvalue weighted by Crippen LogP contribution is 2.29. The monoisotopic (exact) mass is 348 g/mol. The number of rotatable bonds is 7. The molecule has 2 N–H and O–H groups in total. The van der Waals surface area contributed by atoms with Crippen LogP contribution < -0.4 is 10.1 Å². The molecule has 25 heavy (non-hydrogen) atoms. The third-order valence-corrected chi connectivity index (χ3v) is 4.98. The number of hydrogen-bond donors (Lipinski definition) is 2. The van der Waals surface area contributed by atoms with E-state index in [2.05, 4.69) is 10.2 Å². The van der Waals surface area contributed by atoms with Gasteiger partial charge in [0.25, 0.3) is 5.91 Å². The Kier molecular flexibility index (Phi) is 6.29. The number of carbonyl (C=O) groups is 1. The van der Waals surface area contributed by atoms with Crippen LogP contribution in [0.2, 0.25) is 0 Å². The van der Waals surface area contributed by atoms with Crippen molar-refractivity contribution in [3.8, 4) is 5.75 Å². The Hall–Kier alpha value is -1.63. The van der Waals surface area contributed by atoms with E-state index in [1.54, 1.807) is 0 Å². The summed E-state index contributed by atoms with van der Waals surface area (Å²) in [4.78, 5) is 14.5. The van der Waals surface area contributed by atoms with Crippen molar-refractivity contribution in [2.24, 2.45) is 0 Å². The van der Waals surface area contributed by atoms with Crippen molar-refractivity contribution in [3.05, 3.63) is 29.8 Å². The summed E-state index contributed by atoms with van der Waals surface area (Å²) in [5, 5.41) is 13.1. The first-order valence-electron chi connectivity index (χ1n) is 9.18. The van der Waals surface area contributed by atoms with Crippen molar-refractivity contribution in [2.45, 2.75) is 37.8 Å². The molecule has 1 saturated carbocycles. The Morgan fingerprint density at radius 3 is 2.80 bits per heavy atom. The van der Waals surface area contributed by atoms with E-state index in [0.717, 1.165) is 57.0 Å². The van der Waals surface area contributed by atoms with E-state index in [1.807, 2.05) is 24.3 Å². The van der Waals surface area contributed by atoms with Crippen LogP contribution in [0.5, 0.6) is 5.75 Å². The molecule has 2 aliphatic rings. The van der Waals surface area contributed by atoms with Gasteiger partial charge in [-0.15, -0.1) is 0 Å². The van der Waals surface area contributed by atoms with Gasteiger partial charge in [-0.2, -0.15) is 0 Å². The zero-order valence-corrected chi connectivity index (χ0v) is 14.7. The van der Waals surface area contributed by atoms with Crippen molar-refractivity contribution in [1.29, 1.82) is 0 Å². The smallest absolute Gasteiger partial charge is 0.252 e. The third-order valence-electron chi connectivity index (χ3n) is 4.98. The lowest BCUT2D eigenvalue weighted by Gasteiger charge is -2.26. The Balaban J connectivity index is 1.43. The van der Waals surface area contributed by atoms with Crippen LogP contribution in [-0.2, 0) is 16.1 Å². The topological polar surface area (TPSA) is 71.0 Å². The van der Waals surface area contributed by atoms with Gasteiger partial charge in [-0.1, -0.05) is 12.1 Å². The van der Waals surface area contributed by atoms with Crippen molar-refractivity contribution in [3.63, 3.8) is 0 Å². The third kappa shape index (κ3) is 5.17. The molecule has 0 atom stereocenters. The largest absolute Gasteiger partial charge is 0.492 e. The van der Waals surface area contributed by atoms with Gasteiger partial charge in [-0.25, -0.2) is 0 Å². The highest BCUT2D eigenvalue weighted by Gasteiger charge is 2.38. The minimum Gasteiger partial charge on any atom is -0.492 e. The summed E-state index contributed by atoms with van der Waals surface area (Å²) >= 11 is 0. The highest BCUT2D eigenvalue weighted by molar-refractivity contribution is 5.85. The fraction of sp³-hybridized carbons (Fsp3) is 0.632. The molecular formula is C19H28N2O4. The Morgan fingerprint density at radius 2 is 2.04 bits per heavy atom. The van der Waals surface area contributed by atoms with Crippen molar-refractivity contribution >= 4 is 5.91 Å². The quantitative estimate of drug-likeness (QED) is 0.778. The molecule has 1 aromatic carbocycles. The van der Waals surface area contributed by atoms with E-state index in [9.17, 15) is 9.90 Å². The summed E-state index contributed by atoms with van der Waals surface area (Å²) in [7, 11) is 0. The van der Waals surface area contributed by atoms with E-state index in [-0.39, 0.29) is 5.91 Å². The summed E-state index contributed by atoms with van der Waals surface area (Å²) in [5.74, 6) is 0.545. The predicted molar refractivity (Wildman–Crippen MR) is 94.5 cm³/mol. The fourth-order valence-corrected chi connectivity index (χ4v) is 3.40. The predicted octanol–water partition coefficient (Wildman–Crippen LogP) is 1.32. The number of morpholine rings is 1. The fourth-order valence-electron chi connectivity index (χ4n) is 3.40. The first kappa shape index (κ1) is 18.2. The first-order valence-corrected chi connectivity index (χ1v) is 9.18. The standard InChI is InChI=1S/C19H28N2O4/c22-18(19(23)6-1-2-7-19)20-15-16-4-3-5-17(14-16)25-13-10-21-8-11-24-12-9-21/h3-5,14,23H,1-2,6-13,15H2,(H,20,22). The van der Waals surface area contributed by atoms with Crippen LogP contribution in [-0.4, -0.2) is 61.0 Å². The number of nitrogens with zero attached hydrogens (tertiary/aromatic N) is 1. The van der Waals surface area contributed by atoms with Crippen LogP contribution in [0, 0.1) is 0 Å². The van der Waals surface area contributed by atoms with E-state index in [1.165, 1.54) is 0 Å². The van der Waals surface area contributed by atoms with E-state index in [0.29, 0.717) is 26.0 Å². The second kappa shape index (κ2) is 8.65. The molecule has 6 nitrogen and oxygen atoms in total. The highest BCUT2D eigenvalue weighted by atomic mass is 16.5. The normalized spacial score (nSPS) is 20.4. The van der Waals surface area contributed by atoms with Crippen molar-refractivity contribution in [1.82, 2.24) is 10.2 Å².